The molecule has 3 N–H and O–H groups in total. The third-order valence-electron chi connectivity index (χ3n) is 5.27. The predicted molar refractivity (Wildman–Crippen MR) is 143 cm³/mol. The van der Waals surface area contributed by atoms with Gasteiger partial charge in [-0.1, -0.05) is 24.3 Å². The summed E-state index contributed by atoms with van der Waals surface area (Å²) < 4.78 is 26.7. The standard InChI is InChI=1S/C28H30N2O6/c1-32-23-15-19(14-22(29)27(23)35-4)11-12-26(31)30-21-8-6-7-18(13-21)9-10-20-16-24(33-2)28(36-5)25(17-20)34-3/h6-17H,29H2,1-5H3,(H,30,31)/b10-9+,12-11+. The minimum Gasteiger partial charge on any atom is -0.493 e. The van der Waals surface area contributed by atoms with Crippen LogP contribution in [0.1, 0.15) is 16.7 Å². The van der Waals surface area contributed by atoms with Crippen LogP contribution in [0.5, 0.6) is 28.7 Å². The number of carbonyl (C=O) groups excluding carboxylic acids is 1. The van der Waals surface area contributed by atoms with Gasteiger partial charge in [-0.2, -0.15) is 0 Å². The Bertz CT molecular complexity index is 1260. The van der Waals surface area contributed by atoms with E-state index >= 15 is 0 Å². The normalized spacial score (nSPS) is 10.9. The topological polar surface area (TPSA) is 101 Å². The van der Waals surface area contributed by atoms with Crippen LogP contribution in [0.25, 0.3) is 18.2 Å². The maximum absolute atomic E-state index is 12.5. The van der Waals surface area contributed by atoms with Gasteiger partial charge in [0.1, 0.15) is 0 Å². The summed E-state index contributed by atoms with van der Waals surface area (Å²) >= 11 is 0. The summed E-state index contributed by atoms with van der Waals surface area (Å²) in [5.74, 6) is 2.33. The Morgan fingerprint density at radius 3 is 1.83 bits per heavy atom. The lowest BCUT2D eigenvalue weighted by molar-refractivity contribution is -0.111. The van der Waals surface area contributed by atoms with Crippen molar-refractivity contribution in [1.82, 2.24) is 0 Å². The molecule has 0 bridgehead atoms. The number of anilines is 2. The summed E-state index contributed by atoms with van der Waals surface area (Å²) in [4.78, 5) is 12.5. The maximum atomic E-state index is 12.5. The van der Waals surface area contributed by atoms with E-state index in [-0.39, 0.29) is 5.91 Å². The second kappa shape index (κ2) is 12.2. The van der Waals surface area contributed by atoms with Crippen molar-refractivity contribution >= 4 is 35.5 Å². The van der Waals surface area contributed by atoms with E-state index in [0.717, 1.165) is 11.1 Å². The minimum absolute atomic E-state index is 0.283. The zero-order chi connectivity index (χ0) is 26.1. The number of carbonyl (C=O) groups is 1. The first-order chi connectivity index (χ1) is 17.4. The van der Waals surface area contributed by atoms with Crippen LogP contribution < -0.4 is 34.7 Å². The van der Waals surface area contributed by atoms with E-state index in [4.69, 9.17) is 29.4 Å². The van der Waals surface area contributed by atoms with Gasteiger partial charge in [0, 0.05) is 11.8 Å². The molecular formula is C28H30N2O6. The highest BCUT2D eigenvalue weighted by Gasteiger charge is 2.12. The van der Waals surface area contributed by atoms with Crippen LogP contribution in [0.3, 0.4) is 0 Å². The zero-order valence-electron chi connectivity index (χ0n) is 21.0. The molecule has 8 heteroatoms. The van der Waals surface area contributed by atoms with Crippen molar-refractivity contribution in [3.63, 3.8) is 0 Å². The number of nitrogen functional groups attached to an aromatic ring is 1. The Morgan fingerprint density at radius 1 is 0.694 bits per heavy atom. The predicted octanol–water partition coefficient (Wildman–Crippen LogP) is 5.13. The number of nitrogens with one attached hydrogen (secondary N) is 1. The van der Waals surface area contributed by atoms with Crippen LogP contribution in [0.15, 0.2) is 54.6 Å². The molecule has 36 heavy (non-hydrogen) atoms. The van der Waals surface area contributed by atoms with Crippen LogP contribution in [-0.2, 0) is 4.79 Å². The highest BCUT2D eigenvalue weighted by atomic mass is 16.5. The fraction of sp³-hybridized carbons (Fsp3) is 0.179. The molecule has 0 heterocycles. The van der Waals surface area contributed by atoms with E-state index in [0.29, 0.717) is 45.7 Å². The van der Waals surface area contributed by atoms with Crippen molar-refractivity contribution < 1.29 is 28.5 Å². The molecule has 0 aromatic heterocycles. The molecule has 0 fully saturated rings. The molecular weight excluding hydrogens is 460 g/mol. The van der Waals surface area contributed by atoms with E-state index in [1.54, 1.807) is 39.5 Å². The molecule has 0 aliphatic rings. The lowest BCUT2D eigenvalue weighted by atomic mass is 10.1. The molecule has 0 spiro atoms. The Kier molecular flexibility index (Phi) is 8.83. The average Bonchev–Trinajstić information content (AvgIpc) is 2.89. The monoisotopic (exact) mass is 490 g/mol. The third-order valence-corrected chi connectivity index (χ3v) is 5.27. The van der Waals surface area contributed by atoms with Crippen molar-refractivity contribution in [2.45, 2.75) is 0 Å². The van der Waals surface area contributed by atoms with Crippen molar-refractivity contribution in [1.29, 1.82) is 0 Å². The first kappa shape index (κ1) is 26.0. The summed E-state index contributed by atoms with van der Waals surface area (Å²) in [5.41, 5.74) is 9.57. The number of ether oxygens (including phenoxy) is 5. The number of hydrogen-bond donors (Lipinski definition) is 2. The Hall–Kier alpha value is -4.59. The minimum atomic E-state index is -0.283. The molecule has 3 aromatic rings. The summed E-state index contributed by atoms with van der Waals surface area (Å²) in [5, 5.41) is 2.86. The fourth-order valence-corrected chi connectivity index (χ4v) is 3.58. The highest BCUT2D eigenvalue weighted by Crippen LogP contribution is 2.38. The summed E-state index contributed by atoms with van der Waals surface area (Å²) in [6.07, 6.45) is 6.94. The summed E-state index contributed by atoms with van der Waals surface area (Å²) in [7, 11) is 7.76. The molecule has 0 saturated heterocycles. The van der Waals surface area contributed by atoms with Gasteiger partial charge in [-0.25, -0.2) is 0 Å². The van der Waals surface area contributed by atoms with Crippen LogP contribution in [0.2, 0.25) is 0 Å². The largest absolute Gasteiger partial charge is 0.493 e. The van der Waals surface area contributed by atoms with Crippen molar-refractivity contribution in [2.75, 3.05) is 46.6 Å². The van der Waals surface area contributed by atoms with Gasteiger partial charge in [-0.15, -0.1) is 0 Å². The third kappa shape index (κ3) is 6.29. The molecule has 0 aliphatic carbocycles. The van der Waals surface area contributed by atoms with E-state index in [9.17, 15) is 4.79 Å². The van der Waals surface area contributed by atoms with Gasteiger partial charge in [0.2, 0.25) is 11.7 Å². The second-order valence-corrected chi connectivity index (χ2v) is 7.59. The quantitative estimate of drug-likeness (QED) is 0.231. The van der Waals surface area contributed by atoms with E-state index in [1.807, 2.05) is 48.6 Å². The van der Waals surface area contributed by atoms with Crippen molar-refractivity contribution in [3.8, 4) is 28.7 Å². The molecule has 0 unspecified atom stereocenters. The van der Waals surface area contributed by atoms with Crippen LogP contribution in [0, 0.1) is 0 Å². The van der Waals surface area contributed by atoms with E-state index in [1.165, 1.54) is 20.3 Å². The van der Waals surface area contributed by atoms with E-state index in [2.05, 4.69) is 5.32 Å². The SMILES string of the molecule is COc1cc(/C=C/C(=O)Nc2cccc(/C=C/c3cc(OC)c(OC)c(OC)c3)c2)cc(N)c1OC. The lowest BCUT2D eigenvalue weighted by Crippen LogP contribution is -2.07. The average molecular weight is 491 g/mol. The lowest BCUT2D eigenvalue weighted by Gasteiger charge is -2.12. The number of amides is 1. The Morgan fingerprint density at radius 2 is 1.25 bits per heavy atom. The Balaban J connectivity index is 1.73. The number of nitrogens with two attached hydrogens (primary N) is 1. The zero-order valence-corrected chi connectivity index (χ0v) is 21.0. The van der Waals surface area contributed by atoms with Crippen molar-refractivity contribution in [2.24, 2.45) is 0 Å². The van der Waals surface area contributed by atoms with Gasteiger partial charge in [0.05, 0.1) is 41.2 Å². The molecule has 188 valence electrons. The summed E-state index contributed by atoms with van der Waals surface area (Å²) in [6.45, 7) is 0. The first-order valence-corrected chi connectivity index (χ1v) is 11.0. The molecule has 1 amide bonds. The van der Waals surface area contributed by atoms with Gasteiger partial charge in [0.25, 0.3) is 0 Å². The number of benzene rings is 3. The van der Waals surface area contributed by atoms with Gasteiger partial charge < -0.3 is 34.7 Å². The number of methoxy groups -OCH3 is 5. The van der Waals surface area contributed by atoms with Gasteiger partial charge in [-0.05, 0) is 59.2 Å². The van der Waals surface area contributed by atoms with Gasteiger partial charge in [0.15, 0.2) is 23.0 Å². The summed E-state index contributed by atoms with van der Waals surface area (Å²) in [6, 6.07) is 14.7. The molecule has 3 rings (SSSR count). The van der Waals surface area contributed by atoms with Crippen LogP contribution in [0.4, 0.5) is 11.4 Å². The molecule has 3 aromatic carbocycles. The molecule has 8 nitrogen and oxygen atoms in total. The molecule has 0 aliphatic heterocycles. The van der Waals surface area contributed by atoms with E-state index < -0.39 is 0 Å². The molecule has 0 saturated carbocycles. The molecule has 0 atom stereocenters. The van der Waals surface area contributed by atoms with Crippen LogP contribution in [-0.4, -0.2) is 41.5 Å². The second-order valence-electron chi connectivity index (χ2n) is 7.59. The first-order valence-electron chi connectivity index (χ1n) is 11.0. The molecule has 0 radical (unpaired) electrons. The maximum Gasteiger partial charge on any atom is 0.248 e. The van der Waals surface area contributed by atoms with Gasteiger partial charge >= 0.3 is 0 Å². The number of hydrogen-bond acceptors (Lipinski definition) is 7. The highest BCUT2D eigenvalue weighted by molar-refractivity contribution is 6.02. The van der Waals surface area contributed by atoms with Crippen molar-refractivity contribution in [3.05, 3.63) is 71.3 Å². The van der Waals surface area contributed by atoms with Gasteiger partial charge in [-0.3, -0.25) is 4.79 Å². The fourth-order valence-electron chi connectivity index (χ4n) is 3.58. The smallest absolute Gasteiger partial charge is 0.248 e. The Labute approximate surface area is 210 Å². The number of rotatable bonds is 10. The van der Waals surface area contributed by atoms with Crippen LogP contribution >= 0.6 is 0 Å².